The largest absolute Gasteiger partial charge is 0.618 e. The molecule has 0 radical (unpaired) electrons. The van der Waals surface area contributed by atoms with Crippen molar-refractivity contribution in [1.82, 2.24) is 9.55 Å². The number of rotatable bonds is 0. The lowest BCUT2D eigenvalue weighted by molar-refractivity contribution is -0.575. The first-order valence-corrected chi connectivity index (χ1v) is 5.90. The van der Waals surface area contributed by atoms with E-state index in [0.29, 0.717) is 5.52 Å². The Labute approximate surface area is 97.5 Å². The smallest absolute Gasteiger partial charge is 0.238 e. The summed E-state index contributed by atoms with van der Waals surface area (Å²) in [6.45, 7) is 0. The minimum Gasteiger partial charge on any atom is -0.618 e. The average Bonchev–Trinajstić information content (AvgIpc) is 2.70. The Morgan fingerprint density at radius 3 is 3.20 bits per heavy atom. The van der Waals surface area contributed by atoms with Crippen LogP contribution in [0.5, 0.6) is 0 Å². The molecule has 0 unspecified atom stereocenters. The molecule has 15 heavy (non-hydrogen) atoms. The molecule has 0 amide bonds. The van der Waals surface area contributed by atoms with Crippen LogP contribution in [0.1, 0.15) is 0 Å². The van der Waals surface area contributed by atoms with E-state index in [1.165, 1.54) is 6.20 Å². The summed E-state index contributed by atoms with van der Waals surface area (Å²) in [6, 6.07) is 1.83. The highest BCUT2D eigenvalue weighted by molar-refractivity contribution is 9.11. The molecule has 0 fully saturated rings. The number of aromatic nitrogens is 3. The third-order valence-corrected chi connectivity index (χ3v) is 3.97. The van der Waals surface area contributed by atoms with Crippen molar-refractivity contribution in [3.63, 3.8) is 0 Å². The van der Waals surface area contributed by atoms with Crippen LogP contribution in [-0.2, 0) is 7.05 Å². The Morgan fingerprint density at radius 2 is 2.40 bits per heavy atom. The van der Waals surface area contributed by atoms with E-state index in [4.69, 9.17) is 0 Å². The van der Waals surface area contributed by atoms with Crippen molar-refractivity contribution in [2.75, 3.05) is 0 Å². The topological polar surface area (TPSA) is 44.8 Å². The van der Waals surface area contributed by atoms with Gasteiger partial charge in [0.1, 0.15) is 4.70 Å². The van der Waals surface area contributed by atoms with Crippen molar-refractivity contribution in [1.29, 1.82) is 0 Å². The average molecular weight is 284 g/mol. The summed E-state index contributed by atoms with van der Waals surface area (Å²) >= 11 is 4.94. The Hall–Kier alpha value is -1.14. The van der Waals surface area contributed by atoms with E-state index in [-0.39, 0.29) is 0 Å². The summed E-state index contributed by atoms with van der Waals surface area (Å²) in [6.07, 6.45) is 3.23. The van der Waals surface area contributed by atoms with Gasteiger partial charge < -0.3 is 9.77 Å². The van der Waals surface area contributed by atoms with Gasteiger partial charge in [0.15, 0.2) is 5.52 Å². The molecule has 0 atom stereocenters. The second kappa shape index (κ2) is 2.93. The van der Waals surface area contributed by atoms with Crippen LogP contribution >= 0.6 is 27.3 Å². The number of aryl methyl sites for hydroxylation is 1. The summed E-state index contributed by atoms with van der Waals surface area (Å²) < 4.78 is 4.72. The highest BCUT2D eigenvalue weighted by Crippen LogP contribution is 2.32. The van der Waals surface area contributed by atoms with Gasteiger partial charge in [-0.2, -0.15) is 4.73 Å². The number of halogens is 1. The standard InChI is InChI=1S/C9H6BrN3OS/c1-12-4-11-5-3-13(14)6-2-7(10)15-9(6)8(5)12/h2-4H,1H3. The van der Waals surface area contributed by atoms with Crippen LogP contribution in [0, 0.1) is 5.21 Å². The van der Waals surface area contributed by atoms with Gasteiger partial charge in [-0.15, -0.1) is 11.3 Å². The molecule has 4 nitrogen and oxygen atoms in total. The van der Waals surface area contributed by atoms with Gasteiger partial charge in [0, 0.05) is 13.1 Å². The van der Waals surface area contributed by atoms with Gasteiger partial charge in [-0.25, -0.2) is 4.98 Å². The molecule has 3 rings (SSSR count). The quantitative estimate of drug-likeness (QED) is 0.469. The Bertz CT molecular complexity index is 673. The maximum Gasteiger partial charge on any atom is 0.238 e. The first-order valence-electron chi connectivity index (χ1n) is 4.29. The Kier molecular flexibility index (Phi) is 1.78. The normalized spacial score (nSPS) is 11.6. The SMILES string of the molecule is Cn1cnc2c[n+]([O-])c3cc(Br)sc3c21. The zero-order chi connectivity index (χ0) is 10.6. The monoisotopic (exact) mass is 283 g/mol. The molecule has 3 aromatic rings. The summed E-state index contributed by atoms with van der Waals surface area (Å²) in [5.41, 5.74) is 2.42. The lowest BCUT2D eigenvalue weighted by Crippen LogP contribution is -2.25. The fourth-order valence-electron chi connectivity index (χ4n) is 1.69. The van der Waals surface area contributed by atoms with Crippen molar-refractivity contribution in [2.24, 2.45) is 7.05 Å². The van der Waals surface area contributed by atoms with Crippen LogP contribution in [0.3, 0.4) is 0 Å². The molecular formula is C9H6BrN3OS. The molecule has 0 spiro atoms. The molecule has 76 valence electrons. The number of thiophene rings is 1. The fourth-order valence-corrected chi connectivity index (χ4v) is 3.35. The molecule has 0 aromatic carbocycles. The number of fused-ring (bicyclic) bond motifs is 3. The molecule has 0 bridgehead atoms. The number of nitrogens with zero attached hydrogens (tertiary/aromatic N) is 3. The molecule has 0 aliphatic carbocycles. The van der Waals surface area contributed by atoms with Crippen LogP contribution in [0.4, 0.5) is 0 Å². The minimum atomic E-state index is 0.683. The van der Waals surface area contributed by atoms with Crippen LogP contribution in [0.2, 0.25) is 0 Å². The molecule has 3 aromatic heterocycles. The molecule has 0 saturated carbocycles. The van der Waals surface area contributed by atoms with Crippen LogP contribution in [0.15, 0.2) is 22.4 Å². The van der Waals surface area contributed by atoms with E-state index < -0.39 is 0 Å². The van der Waals surface area contributed by atoms with Gasteiger partial charge in [0.2, 0.25) is 11.7 Å². The highest BCUT2D eigenvalue weighted by atomic mass is 79.9. The molecule has 0 aliphatic rings. The van der Waals surface area contributed by atoms with Crippen molar-refractivity contribution in [2.45, 2.75) is 0 Å². The fraction of sp³-hybridized carbons (Fsp3) is 0.111. The van der Waals surface area contributed by atoms with Gasteiger partial charge in [-0.1, -0.05) is 0 Å². The van der Waals surface area contributed by atoms with Gasteiger partial charge in [0.25, 0.3) is 0 Å². The van der Waals surface area contributed by atoms with Crippen LogP contribution < -0.4 is 4.73 Å². The first-order chi connectivity index (χ1) is 7.16. The first kappa shape index (κ1) is 9.11. The van der Waals surface area contributed by atoms with Crippen LogP contribution in [0.25, 0.3) is 21.3 Å². The van der Waals surface area contributed by atoms with Gasteiger partial charge >= 0.3 is 0 Å². The predicted octanol–water partition coefficient (Wildman–Crippen LogP) is 2.18. The third kappa shape index (κ3) is 1.18. The third-order valence-electron chi connectivity index (χ3n) is 2.34. The summed E-state index contributed by atoms with van der Waals surface area (Å²) in [4.78, 5) is 4.17. The summed E-state index contributed by atoms with van der Waals surface area (Å²) in [5.74, 6) is 0. The second-order valence-corrected chi connectivity index (χ2v) is 5.74. The number of pyridine rings is 1. The molecular weight excluding hydrogens is 278 g/mol. The van der Waals surface area contributed by atoms with Crippen LogP contribution in [-0.4, -0.2) is 9.55 Å². The lowest BCUT2D eigenvalue weighted by Gasteiger charge is -1.98. The number of imidazole rings is 1. The van der Waals surface area contributed by atoms with Gasteiger partial charge in [-0.3, -0.25) is 0 Å². The molecule has 0 saturated heterocycles. The highest BCUT2D eigenvalue weighted by Gasteiger charge is 2.16. The molecule has 3 heterocycles. The van der Waals surface area contributed by atoms with E-state index in [1.807, 2.05) is 17.7 Å². The number of hydrogen-bond acceptors (Lipinski definition) is 3. The number of hydrogen-bond donors (Lipinski definition) is 0. The van der Waals surface area contributed by atoms with Crippen molar-refractivity contribution in [3.8, 4) is 0 Å². The van der Waals surface area contributed by atoms with E-state index in [0.717, 1.165) is 24.3 Å². The van der Waals surface area contributed by atoms with Crippen molar-refractivity contribution >= 4 is 48.5 Å². The minimum absolute atomic E-state index is 0.683. The van der Waals surface area contributed by atoms with Crippen molar-refractivity contribution < 1.29 is 4.73 Å². The molecule has 6 heteroatoms. The molecule has 0 N–H and O–H groups in total. The van der Waals surface area contributed by atoms with Crippen molar-refractivity contribution in [3.05, 3.63) is 27.6 Å². The summed E-state index contributed by atoms with van der Waals surface area (Å²) in [5, 5.41) is 11.7. The lowest BCUT2D eigenvalue weighted by atomic mass is 10.3. The summed E-state index contributed by atoms with van der Waals surface area (Å²) in [7, 11) is 1.93. The van der Waals surface area contributed by atoms with E-state index >= 15 is 0 Å². The molecule has 0 aliphatic heterocycles. The van der Waals surface area contributed by atoms with E-state index in [2.05, 4.69) is 20.9 Å². The maximum atomic E-state index is 11.7. The van der Waals surface area contributed by atoms with E-state index in [1.54, 1.807) is 17.7 Å². The second-order valence-electron chi connectivity index (χ2n) is 3.31. The maximum absolute atomic E-state index is 11.7. The van der Waals surface area contributed by atoms with Gasteiger partial charge in [0.05, 0.1) is 15.6 Å². The Balaban J connectivity index is 2.66. The van der Waals surface area contributed by atoms with Gasteiger partial charge in [-0.05, 0) is 15.9 Å². The Morgan fingerprint density at radius 1 is 1.60 bits per heavy atom. The predicted molar refractivity (Wildman–Crippen MR) is 62.8 cm³/mol. The zero-order valence-electron chi connectivity index (χ0n) is 7.77. The zero-order valence-corrected chi connectivity index (χ0v) is 10.2. The van der Waals surface area contributed by atoms with E-state index in [9.17, 15) is 5.21 Å².